The number of hydrogen-bond acceptors (Lipinski definition) is 4. The summed E-state index contributed by atoms with van der Waals surface area (Å²) in [5, 5.41) is 3.05. The largest absolute Gasteiger partial charge is 0.496 e. The quantitative estimate of drug-likeness (QED) is 0.732. The molecule has 1 N–H and O–H groups in total. The Morgan fingerprint density at radius 3 is 2.46 bits per heavy atom. The molecule has 1 amide bonds. The van der Waals surface area contributed by atoms with E-state index in [0.717, 1.165) is 35.5 Å². The van der Waals surface area contributed by atoms with Gasteiger partial charge in [0.25, 0.3) is 0 Å². The lowest BCUT2D eigenvalue weighted by atomic mass is 10.1. The third-order valence-corrected chi connectivity index (χ3v) is 5.20. The molecule has 0 radical (unpaired) electrons. The molecule has 1 aliphatic carbocycles. The second kappa shape index (κ2) is 9.49. The van der Waals surface area contributed by atoms with Crippen LogP contribution in [0.15, 0.2) is 42.5 Å². The maximum Gasteiger partial charge on any atom is 0.225 e. The molecule has 1 aliphatic rings. The fourth-order valence-corrected chi connectivity index (χ4v) is 3.63. The highest BCUT2D eigenvalue weighted by Crippen LogP contribution is 2.33. The lowest BCUT2D eigenvalue weighted by molar-refractivity contribution is -0.121. The lowest BCUT2D eigenvalue weighted by Gasteiger charge is -2.19. The normalized spacial score (nSPS) is 15.1. The molecule has 0 aromatic heterocycles. The summed E-state index contributed by atoms with van der Waals surface area (Å²) in [4.78, 5) is 12.5. The van der Waals surface area contributed by atoms with E-state index in [1.165, 1.54) is 12.8 Å². The molecule has 150 valence electrons. The summed E-state index contributed by atoms with van der Waals surface area (Å²) in [6.45, 7) is 1.96. The molecule has 5 nitrogen and oxygen atoms in total. The highest BCUT2D eigenvalue weighted by atomic mass is 16.5. The monoisotopic (exact) mass is 383 g/mol. The molecule has 1 atom stereocenters. The van der Waals surface area contributed by atoms with E-state index in [1.807, 2.05) is 49.4 Å². The van der Waals surface area contributed by atoms with Gasteiger partial charge in [-0.2, -0.15) is 0 Å². The van der Waals surface area contributed by atoms with Gasteiger partial charge >= 0.3 is 0 Å². The number of hydrogen-bond donors (Lipinski definition) is 1. The highest BCUT2D eigenvalue weighted by molar-refractivity contribution is 5.79. The number of methoxy groups -OCH3 is 2. The third kappa shape index (κ3) is 4.97. The molecule has 0 saturated heterocycles. The number of amides is 1. The van der Waals surface area contributed by atoms with Crippen molar-refractivity contribution in [2.45, 2.75) is 51.2 Å². The van der Waals surface area contributed by atoms with Crippen LogP contribution in [0.2, 0.25) is 0 Å². The first-order valence-electron chi connectivity index (χ1n) is 9.86. The zero-order valence-corrected chi connectivity index (χ0v) is 16.9. The predicted octanol–water partition coefficient (Wildman–Crippen LogP) is 4.45. The molecule has 1 fully saturated rings. The maximum atomic E-state index is 12.5. The molecular formula is C23H29NO4. The van der Waals surface area contributed by atoms with E-state index in [9.17, 15) is 4.79 Å². The van der Waals surface area contributed by atoms with Crippen LogP contribution in [0.5, 0.6) is 17.2 Å². The molecule has 2 aromatic carbocycles. The molecular weight excluding hydrogens is 354 g/mol. The molecule has 28 heavy (non-hydrogen) atoms. The Hall–Kier alpha value is -2.69. The van der Waals surface area contributed by atoms with Crippen molar-refractivity contribution in [3.63, 3.8) is 0 Å². The van der Waals surface area contributed by atoms with Crippen LogP contribution in [-0.2, 0) is 11.2 Å². The molecule has 5 heteroatoms. The molecule has 0 heterocycles. The number of para-hydroxylation sites is 1. The van der Waals surface area contributed by atoms with Gasteiger partial charge in [-0.1, -0.05) is 24.3 Å². The first kappa shape index (κ1) is 20.1. The zero-order valence-electron chi connectivity index (χ0n) is 16.9. The minimum atomic E-state index is -0.142. The van der Waals surface area contributed by atoms with Crippen molar-refractivity contribution in [2.75, 3.05) is 14.2 Å². The minimum Gasteiger partial charge on any atom is -0.496 e. The van der Waals surface area contributed by atoms with Crippen LogP contribution < -0.4 is 19.5 Å². The molecule has 1 unspecified atom stereocenters. The van der Waals surface area contributed by atoms with E-state index in [-0.39, 0.29) is 24.5 Å². The van der Waals surface area contributed by atoms with Crippen LogP contribution in [-0.4, -0.2) is 26.2 Å². The summed E-state index contributed by atoms with van der Waals surface area (Å²) in [6.07, 6.45) is 5.19. The average molecular weight is 383 g/mol. The van der Waals surface area contributed by atoms with E-state index in [4.69, 9.17) is 14.2 Å². The smallest absolute Gasteiger partial charge is 0.225 e. The average Bonchev–Trinajstić information content (AvgIpc) is 3.21. The SMILES string of the molecule is COc1ccccc1CC(=O)NC(C)c1ccc(OC2CCCC2)c(OC)c1. The van der Waals surface area contributed by atoms with Crippen molar-refractivity contribution in [1.29, 1.82) is 0 Å². The van der Waals surface area contributed by atoms with Crippen LogP contribution in [0, 0.1) is 0 Å². The Labute approximate surface area is 167 Å². The van der Waals surface area contributed by atoms with Gasteiger partial charge in [0.2, 0.25) is 5.91 Å². The summed E-state index contributed by atoms with van der Waals surface area (Å²) >= 11 is 0. The number of ether oxygens (including phenoxy) is 3. The third-order valence-electron chi connectivity index (χ3n) is 5.20. The minimum absolute atomic E-state index is 0.0535. The molecule has 3 rings (SSSR count). The standard InChI is InChI=1S/C23H29NO4/c1-16(24-23(25)15-18-8-4-7-11-20(18)26-2)17-12-13-21(22(14-17)27-3)28-19-9-5-6-10-19/h4,7-8,11-14,16,19H,5-6,9-10,15H2,1-3H3,(H,24,25). The van der Waals surface area contributed by atoms with Gasteiger partial charge in [-0.3, -0.25) is 4.79 Å². The Kier molecular flexibility index (Phi) is 6.80. The van der Waals surface area contributed by atoms with E-state index < -0.39 is 0 Å². The van der Waals surface area contributed by atoms with Crippen LogP contribution in [0.25, 0.3) is 0 Å². The zero-order chi connectivity index (χ0) is 19.9. The Morgan fingerprint density at radius 1 is 1.04 bits per heavy atom. The second-order valence-electron chi connectivity index (χ2n) is 7.21. The van der Waals surface area contributed by atoms with E-state index >= 15 is 0 Å². The summed E-state index contributed by atoms with van der Waals surface area (Å²) in [6, 6.07) is 13.3. The van der Waals surface area contributed by atoms with Crippen LogP contribution in [0.3, 0.4) is 0 Å². The van der Waals surface area contributed by atoms with Gasteiger partial charge in [0.1, 0.15) is 5.75 Å². The highest BCUT2D eigenvalue weighted by Gasteiger charge is 2.19. The van der Waals surface area contributed by atoms with Crippen LogP contribution in [0.4, 0.5) is 0 Å². The number of rotatable bonds is 8. The van der Waals surface area contributed by atoms with E-state index in [1.54, 1.807) is 14.2 Å². The van der Waals surface area contributed by atoms with E-state index in [0.29, 0.717) is 5.75 Å². The van der Waals surface area contributed by atoms with Crippen molar-refractivity contribution < 1.29 is 19.0 Å². The lowest BCUT2D eigenvalue weighted by Crippen LogP contribution is -2.28. The number of carbonyl (C=O) groups is 1. The Morgan fingerprint density at radius 2 is 1.75 bits per heavy atom. The molecule has 1 saturated carbocycles. The molecule has 0 spiro atoms. The Balaban J connectivity index is 1.64. The topological polar surface area (TPSA) is 56.8 Å². The molecule has 0 aliphatic heterocycles. The van der Waals surface area contributed by atoms with Gasteiger partial charge in [-0.25, -0.2) is 0 Å². The summed E-state index contributed by atoms with van der Waals surface area (Å²) in [5.74, 6) is 2.14. The van der Waals surface area contributed by atoms with Gasteiger partial charge in [-0.05, 0) is 56.4 Å². The fourth-order valence-electron chi connectivity index (χ4n) is 3.63. The van der Waals surface area contributed by atoms with E-state index in [2.05, 4.69) is 5.32 Å². The van der Waals surface area contributed by atoms with Crippen molar-refractivity contribution in [3.05, 3.63) is 53.6 Å². The van der Waals surface area contributed by atoms with Crippen molar-refractivity contribution in [1.82, 2.24) is 5.32 Å². The number of carbonyl (C=O) groups excluding carboxylic acids is 1. The molecule has 0 bridgehead atoms. The van der Waals surface area contributed by atoms with Gasteiger partial charge in [0.05, 0.1) is 32.8 Å². The van der Waals surface area contributed by atoms with Gasteiger partial charge in [0.15, 0.2) is 11.5 Å². The van der Waals surface area contributed by atoms with Gasteiger partial charge < -0.3 is 19.5 Å². The number of nitrogens with one attached hydrogen (secondary N) is 1. The van der Waals surface area contributed by atoms with Crippen molar-refractivity contribution in [2.24, 2.45) is 0 Å². The first-order valence-corrected chi connectivity index (χ1v) is 9.86. The van der Waals surface area contributed by atoms with Crippen molar-refractivity contribution in [3.8, 4) is 17.2 Å². The predicted molar refractivity (Wildman–Crippen MR) is 109 cm³/mol. The summed E-state index contributed by atoms with van der Waals surface area (Å²) in [7, 11) is 3.26. The second-order valence-corrected chi connectivity index (χ2v) is 7.21. The first-order chi connectivity index (χ1) is 13.6. The van der Waals surface area contributed by atoms with Crippen molar-refractivity contribution >= 4 is 5.91 Å². The summed E-state index contributed by atoms with van der Waals surface area (Å²) in [5.41, 5.74) is 1.84. The van der Waals surface area contributed by atoms with Crippen LogP contribution >= 0.6 is 0 Å². The summed E-state index contributed by atoms with van der Waals surface area (Å²) < 4.78 is 16.9. The fraction of sp³-hybridized carbons (Fsp3) is 0.435. The van der Waals surface area contributed by atoms with Crippen LogP contribution in [0.1, 0.15) is 49.8 Å². The number of benzene rings is 2. The molecule has 2 aromatic rings. The van der Waals surface area contributed by atoms with Gasteiger partial charge in [0, 0.05) is 5.56 Å². The maximum absolute atomic E-state index is 12.5. The van der Waals surface area contributed by atoms with Gasteiger partial charge in [-0.15, -0.1) is 0 Å². The Bertz CT molecular complexity index is 799.